The molecule has 0 aliphatic heterocycles. The van der Waals surface area contributed by atoms with E-state index in [1.54, 1.807) is 0 Å². The van der Waals surface area contributed by atoms with E-state index < -0.39 is 0 Å². The molecule has 0 heterocycles. The summed E-state index contributed by atoms with van der Waals surface area (Å²) in [6, 6.07) is 10.1. The van der Waals surface area contributed by atoms with Crippen molar-refractivity contribution in [1.29, 1.82) is 0 Å². The van der Waals surface area contributed by atoms with Gasteiger partial charge < -0.3 is 5.11 Å². The fourth-order valence-electron chi connectivity index (χ4n) is 4.03. The standard InChI is InChI=1S/C34H50O2Se/c1-28(16-10-17-30(3)20-12-21-32(5)26-27-35)14-9-15-29(2)18-11-19-31(4)22-13-25-34(36)37-33-23-7-6-8-24-33/h6-8,15-16,19-20,23-24,26,35H,9-14,17-18,21-22,25,27H2,1-5H3/b28-16+,29-15+,30-20+,31-19+,32-26+. The van der Waals surface area contributed by atoms with Crippen LogP contribution in [0.3, 0.4) is 0 Å². The second-order valence-electron chi connectivity index (χ2n) is 10.2. The molecule has 0 spiro atoms. The van der Waals surface area contributed by atoms with Crippen LogP contribution >= 0.6 is 0 Å². The maximum absolute atomic E-state index is 12.2. The van der Waals surface area contributed by atoms with Gasteiger partial charge in [-0.3, -0.25) is 0 Å². The van der Waals surface area contributed by atoms with Crippen molar-refractivity contribution in [3.05, 3.63) is 88.6 Å². The van der Waals surface area contributed by atoms with E-state index in [0.717, 1.165) is 64.2 Å². The van der Waals surface area contributed by atoms with Crippen molar-refractivity contribution in [1.82, 2.24) is 0 Å². The Morgan fingerprint density at radius 1 is 0.622 bits per heavy atom. The molecule has 3 heteroatoms. The average Bonchev–Trinajstić information content (AvgIpc) is 2.85. The first-order chi connectivity index (χ1) is 17.8. The number of aliphatic hydroxyl groups is 1. The number of benzene rings is 1. The fraction of sp³-hybridized carbons (Fsp3) is 0.500. The monoisotopic (exact) mass is 570 g/mol. The molecule has 1 N–H and O–H groups in total. The normalized spacial score (nSPS) is 13.8. The van der Waals surface area contributed by atoms with Crippen molar-refractivity contribution in [3.8, 4) is 0 Å². The van der Waals surface area contributed by atoms with Gasteiger partial charge >= 0.3 is 141 Å². The van der Waals surface area contributed by atoms with E-state index in [1.165, 1.54) is 32.3 Å². The Hall–Kier alpha value is -1.93. The molecule has 0 atom stereocenters. The number of aliphatic hydroxyl groups excluding tert-OH is 1. The molecule has 0 aromatic heterocycles. The van der Waals surface area contributed by atoms with Gasteiger partial charge in [0.1, 0.15) is 0 Å². The van der Waals surface area contributed by atoms with Gasteiger partial charge in [0.05, 0.1) is 6.61 Å². The summed E-state index contributed by atoms with van der Waals surface area (Å²) >= 11 is -0.0390. The predicted molar refractivity (Wildman–Crippen MR) is 163 cm³/mol. The number of carbonyl (C=O) groups excluding carboxylic acids is 1. The molecule has 0 bridgehead atoms. The minimum atomic E-state index is -0.0390. The molecule has 0 saturated carbocycles. The molecule has 2 nitrogen and oxygen atoms in total. The number of allylic oxidation sites excluding steroid dienone is 9. The second kappa shape index (κ2) is 21.1. The summed E-state index contributed by atoms with van der Waals surface area (Å²) in [4.78, 5) is 12.2. The third kappa shape index (κ3) is 18.9. The molecule has 1 aromatic rings. The molecule has 0 unspecified atom stereocenters. The van der Waals surface area contributed by atoms with E-state index >= 15 is 0 Å². The van der Waals surface area contributed by atoms with Gasteiger partial charge in [-0.05, 0) is 46.5 Å². The van der Waals surface area contributed by atoms with Gasteiger partial charge in [0.15, 0.2) is 0 Å². The van der Waals surface area contributed by atoms with Crippen LogP contribution in [0.25, 0.3) is 0 Å². The van der Waals surface area contributed by atoms with E-state index in [-0.39, 0.29) is 21.6 Å². The summed E-state index contributed by atoms with van der Waals surface area (Å²) in [6.07, 6.45) is 22.9. The zero-order chi connectivity index (χ0) is 27.3. The van der Waals surface area contributed by atoms with Crippen molar-refractivity contribution >= 4 is 24.1 Å². The maximum atomic E-state index is 12.2. The molecule has 0 fully saturated rings. The van der Waals surface area contributed by atoms with Crippen molar-refractivity contribution in [3.63, 3.8) is 0 Å². The quantitative estimate of drug-likeness (QED) is 0.134. The Labute approximate surface area is 233 Å². The molecule has 1 rings (SSSR count). The van der Waals surface area contributed by atoms with Gasteiger partial charge in [-0.25, -0.2) is 0 Å². The third-order valence-corrected chi connectivity index (χ3v) is 8.46. The van der Waals surface area contributed by atoms with Gasteiger partial charge in [-0.2, -0.15) is 0 Å². The van der Waals surface area contributed by atoms with E-state index in [1.807, 2.05) is 24.3 Å². The van der Waals surface area contributed by atoms with E-state index in [0.29, 0.717) is 11.1 Å². The molecule has 0 amide bonds. The predicted octanol–water partition coefficient (Wildman–Crippen LogP) is 8.56. The molecule has 0 aliphatic carbocycles. The van der Waals surface area contributed by atoms with Crippen LogP contribution in [-0.2, 0) is 4.79 Å². The van der Waals surface area contributed by atoms with Crippen molar-refractivity contribution in [2.45, 2.75) is 105 Å². The van der Waals surface area contributed by atoms with Crippen molar-refractivity contribution in [2.24, 2.45) is 0 Å². The first kappa shape index (κ1) is 33.1. The van der Waals surface area contributed by atoms with Crippen LogP contribution in [0.1, 0.15) is 105 Å². The fourth-order valence-corrected chi connectivity index (χ4v) is 5.72. The van der Waals surface area contributed by atoms with E-state index in [2.05, 4.69) is 71.1 Å². The number of hydrogen-bond acceptors (Lipinski definition) is 2. The Balaban J connectivity index is 2.19. The number of hydrogen-bond donors (Lipinski definition) is 1. The number of rotatable bonds is 19. The topological polar surface area (TPSA) is 37.3 Å². The molecule has 37 heavy (non-hydrogen) atoms. The van der Waals surface area contributed by atoms with Crippen molar-refractivity contribution in [2.75, 3.05) is 6.61 Å². The first-order valence-electron chi connectivity index (χ1n) is 13.9. The summed E-state index contributed by atoms with van der Waals surface area (Å²) in [5.74, 6) is 0. The summed E-state index contributed by atoms with van der Waals surface area (Å²) in [5, 5.41) is 8.92. The molecule has 1 aromatic carbocycles. The van der Waals surface area contributed by atoms with Crippen LogP contribution in [0.4, 0.5) is 0 Å². The van der Waals surface area contributed by atoms with Crippen LogP contribution in [-0.4, -0.2) is 31.4 Å². The van der Waals surface area contributed by atoms with Gasteiger partial charge in [0.2, 0.25) is 0 Å². The summed E-state index contributed by atoms with van der Waals surface area (Å²) < 4.78 is 1.58. The molecular weight excluding hydrogens is 519 g/mol. The Kier molecular flexibility index (Phi) is 18.8. The van der Waals surface area contributed by atoms with Crippen LogP contribution < -0.4 is 4.46 Å². The first-order valence-corrected chi connectivity index (χ1v) is 15.7. The minimum absolute atomic E-state index is 0.0390. The third-order valence-electron chi connectivity index (χ3n) is 6.49. The van der Waals surface area contributed by atoms with Gasteiger partial charge in [-0.1, -0.05) is 34.9 Å². The van der Waals surface area contributed by atoms with Gasteiger partial charge in [0, 0.05) is 0 Å². The van der Waals surface area contributed by atoms with Crippen molar-refractivity contribution < 1.29 is 9.90 Å². The average molecular weight is 570 g/mol. The zero-order valence-corrected chi connectivity index (χ0v) is 25.7. The van der Waals surface area contributed by atoms with E-state index in [4.69, 9.17) is 5.11 Å². The van der Waals surface area contributed by atoms with Gasteiger partial charge in [-0.15, -0.1) is 0 Å². The van der Waals surface area contributed by atoms with Crippen LogP contribution in [0, 0.1) is 0 Å². The summed E-state index contributed by atoms with van der Waals surface area (Å²) in [7, 11) is 0. The summed E-state index contributed by atoms with van der Waals surface area (Å²) in [6.45, 7) is 11.2. The molecule has 0 radical (unpaired) electrons. The molecule has 0 aliphatic rings. The second-order valence-corrected chi connectivity index (χ2v) is 12.6. The van der Waals surface area contributed by atoms with E-state index in [9.17, 15) is 4.79 Å². The van der Waals surface area contributed by atoms with Crippen LogP contribution in [0.15, 0.2) is 88.6 Å². The Morgan fingerprint density at radius 2 is 1.03 bits per heavy atom. The van der Waals surface area contributed by atoms with Crippen LogP contribution in [0.5, 0.6) is 0 Å². The Morgan fingerprint density at radius 3 is 1.46 bits per heavy atom. The number of carbonyl (C=O) groups is 1. The Bertz CT molecular complexity index is 932. The SMILES string of the molecule is C/C(=C\CO)CC/C=C(\C)CC/C=C(\C)CC/C=C(\C)CC/C=C(\C)CCCC(=O)[Se]c1ccccc1. The molecular formula is C34H50O2Se. The molecule has 0 saturated heterocycles. The van der Waals surface area contributed by atoms with Crippen LogP contribution in [0.2, 0.25) is 0 Å². The summed E-state index contributed by atoms with van der Waals surface area (Å²) in [5.41, 5.74) is 7.09. The zero-order valence-electron chi connectivity index (χ0n) is 24.0. The van der Waals surface area contributed by atoms with Gasteiger partial charge in [0.25, 0.3) is 0 Å². The molecule has 204 valence electrons.